The number of carbonyl (C=O) groups is 1. The number of anilines is 2. The summed E-state index contributed by atoms with van der Waals surface area (Å²) in [5.74, 6) is 1.73. The predicted molar refractivity (Wildman–Crippen MR) is 126 cm³/mol. The number of fused-ring (bicyclic) bond motifs is 1. The number of hydrogen-bond acceptors (Lipinski definition) is 5. The van der Waals surface area contributed by atoms with E-state index in [4.69, 9.17) is 4.74 Å². The second-order valence-corrected chi connectivity index (χ2v) is 9.28. The Morgan fingerprint density at radius 2 is 1.78 bits per heavy atom. The van der Waals surface area contributed by atoms with E-state index in [0.717, 1.165) is 46.1 Å². The van der Waals surface area contributed by atoms with Crippen LogP contribution < -0.4 is 15.4 Å². The topological polar surface area (TPSA) is 63.2 Å². The standard InChI is InChI=1S/C27H27N3O2/c1-27(2)15-22-24(23(31)16-27)25(30-26-21(29-22)9-6-14-28-26)19-10-12-20(13-11-19)32-17-18-7-4-3-5-8-18/h3-14,25,29H,15-17H2,1-2H3,(H,28,30). The molecule has 0 radical (unpaired) electrons. The van der Waals surface area contributed by atoms with E-state index in [0.29, 0.717) is 13.0 Å². The third-order valence-electron chi connectivity index (χ3n) is 6.04. The number of rotatable bonds is 4. The van der Waals surface area contributed by atoms with E-state index in [2.05, 4.69) is 29.5 Å². The van der Waals surface area contributed by atoms with Crippen LogP contribution in [0, 0.1) is 5.41 Å². The molecule has 0 spiro atoms. The molecule has 0 saturated carbocycles. The van der Waals surface area contributed by atoms with Crippen molar-refractivity contribution in [3.8, 4) is 5.75 Å². The fraction of sp³-hybridized carbons (Fsp3) is 0.259. The highest BCUT2D eigenvalue weighted by atomic mass is 16.5. The van der Waals surface area contributed by atoms with Crippen molar-refractivity contribution >= 4 is 17.3 Å². The van der Waals surface area contributed by atoms with Crippen LogP contribution in [-0.4, -0.2) is 10.8 Å². The molecular weight excluding hydrogens is 398 g/mol. The SMILES string of the molecule is CC1(C)CC(=O)C2=C(C1)Nc1cccnc1NC2c1ccc(OCc2ccccc2)cc1. The summed E-state index contributed by atoms with van der Waals surface area (Å²) in [7, 11) is 0. The number of allylic oxidation sites excluding steroid dienone is 1. The molecule has 2 aliphatic rings. The molecule has 1 aliphatic carbocycles. The molecule has 2 N–H and O–H groups in total. The van der Waals surface area contributed by atoms with Crippen molar-refractivity contribution in [1.82, 2.24) is 4.98 Å². The fourth-order valence-corrected chi connectivity index (χ4v) is 4.52. The molecule has 1 unspecified atom stereocenters. The van der Waals surface area contributed by atoms with E-state index in [-0.39, 0.29) is 17.2 Å². The minimum absolute atomic E-state index is 0.0741. The quantitative estimate of drug-likeness (QED) is 0.546. The van der Waals surface area contributed by atoms with E-state index < -0.39 is 0 Å². The Morgan fingerprint density at radius 1 is 1.00 bits per heavy atom. The second-order valence-electron chi connectivity index (χ2n) is 9.28. The number of nitrogens with zero attached hydrogens (tertiary/aromatic N) is 1. The van der Waals surface area contributed by atoms with Gasteiger partial charge in [0.15, 0.2) is 5.78 Å². The van der Waals surface area contributed by atoms with Gasteiger partial charge >= 0.3 is 0 Å². The molecule has 5 rings (SSSR count). The van der Waals surface area contributed by atoms with E-state index in [1.807, 2.05) is 66.7 Å². The van der Waals surface area contributed by atoms with Gasteiger partial charge in [-0.15, -0.1) is 0 Å². The average Bonchev–Trinajstić information content (AvgIpc) is 2.94. The average molecular weight is 426 g/mol. The normalized spacial score (nSPS) is 19.2. The molecule has 2 heterocycles. The number of benzene rings is 2. The number of nitrogens with one attached hydrogen (secondary N) is 2. The lowest BCUT2D eigenvalue weighted by atomic mass is 9.73. The highest BCUT2D eigenvalue weighted by Gasteiger charge is 2.38. The smallest absolute Gasteiger partial charge is 0.163 e. The third-order valence-corrected chi connectivity index (χ3v) is 6.04. The summed E-state index contributed by atoms with van der Waals surface area (Å²) in [4.78, 5) is 17.8. The second kappa shape index (κ2) is 8.15. The maximum Gasteiger partial charge on any atom is 0.163 e. The van der Waals surface area contributed by atoms with Crippen LogP contribution in [0.5, 0.6) is 5.75 Å². The first kappa shape index (κ1) is 20.3. The van der Waals surface area contributed by atoms with Crippen LogP contribution >= 0.6 is 0 Å². The highest BCUT2D eigenvalue weighted by molar-refractivity contribution is 6.00. The Kier molecular flexibility index (Phi) is 5.17. The van der Waals surface area contributed by atoms with Crippen molar-refractivity contribution in [3.63, 3.8) is 0 Å². The maximum absolute atomic E-state index is 13.3. The Bertz CT molecular complexity index is 1170. The van der Waals surface area contributed by atoms with Gasteiger partial charge in [-0.3, -0.25) is 4.79 Å². The van der Waals surface area contributed by atoms with Crippen molar-refractivity contribution in [2.45, 2.75) is 39.3 Å². The summed E-state index contributed by atoms with van der Waals surface area (Å²) in [6.07, 6.45) is 3.12. The first-order chi connectivity index (χ1) is 15.5. The van der Waals surface area contributed by atoms with Crippen LogP contribution in [0.1, 0.15) is 43.9 Å². The summed E-state index contributed by atoms with van der Waals surface area (Å²) < 4.78 is 5.95. The number of hydrogen-bond donors (Lipinski definition) is 2. The molecule has 2 aromatic carbocycles. The highest BCUT2D eigenvalue weighted by Crippen LogP contribution is 2.45. The van der Waals surface area contributed by atoms with Gasteiger partial charge in [-0.2, -0.15) is 0 Å². The summed E-state index contributed by atoms with van der Waals surface area (Å²) in [6.45, 7) is 4.81. The van der Waals surface area contributed by atoms with Crippen molar-refractivity contribution in [2.75, 3.05) is 10.6 Å². The number of aromatic nitrogens is 1. The molecule has 0 bridgehead atoms. The van der Waals surface area contributed by atoms with Crippen LogP contribution in [0.25, 0.3) is 0 Å². The van der Waals surface area contributed by atoms with E-state index >= 15 is 0 Å². The Balaban J connectivity index is 1.46. The molecule has 0 fully saturated rings. The number of pyridine rings is 1. The lowest BCUT2D eigenvalue weighted by Crippen LogP contribution is -2.31. The molecule has 3 aromatic rings. The van der Waals surface area contributed by atoms with Gasteiger partial charge in [0.1, 0.15) is 18.2 Å². The zero-order valence-corrected chi connectivity index (χ0v) is 18.4. The van der Waals surface area contributed by atoms with Gasteiger partial charge in [0.2, 0.25) is 0 Å². The number of ketones is 1. The predicted octanol–water partition coefficient (Wildman–Crippen LogP) is 5.88. The van der Waals surface area contributed by atoms with Gasteiger partial charge in [-0.05, 0) is 47.2 Å². The van der Waals surface area contributed by atoms with Gasteiger partial charge < -0.3 is 15.4 Å². The summed E-state index contributed by atoms with van der Waals surface area (Å²) >= 11 is 0. The Hall–Kier alpha value is -3.60. The number of ether oxygens (including phenoxy) is 1. The summed E-state index contributed by atoms with van der Waals surface area (Å²) in [5.41, 5.74) is 4.75. The van der Waals surface area contributed by atoms with Crippen LogP contribution in [-0.2, 0) is 11.4 Å². The zero-order valence-electron chi connectivity index (χ0n) is 18.4. The van der Waals surface area contributed by atoms with Gasteiger partial charge in [0.05, 0.1) is 11.7 Å². The number of carbonyl (C=O) groups excluding carboxylic acids is 1. The van der Waals surface area contributed by atoms with Crippen molar-refractivity contribution < 1.29 is 9.53 Å². The molecule has 162 valence electrons. The number of Topliss-reactive ketones (excluding diaryl/α,β-unsaturated/α-hetero) is 1. The van der Waals surface area contributed by atoms with Gasteiger partial charge in [0, 0.05) is 23.9 Å². The van der Waals surface area contributed by atoms with E-state index in [1.54, 1.807) is 6.20 Å². The monoisotopic (exact) mass is 425 g/mol. The molecule has 5 nitrogen and oxygen atoms in total. The molecule has 1 aliphatic heterocycles. The Labute approximate surface area is 188 Å². The van der Waals surface area contributed by atoms with Crippen LogP contribution in [0.15, 0.2) is 84.2 Å². The lowest BCUT2D eigenvalue weighted by Gasteiger charge is -2.34. The molecular formula is C27H27N3O2. The molecule has 5 heteroatoms. The maximum atomic E-state index is 13.3. The van der Waals surface area contributed by atoms with Crippen LogP contribution in [0.2, 0.25) is 0 Å². The molecule has 0 saturated heterocycles. The van der Waals surface area contributed by atoms with Gasteiger partial charge in [-0.1, -0.05) is 56.3 Å². The zero-order chi connectivity index (χ0) is 22.1. The Morgan fingerprint density at radius 3 is 2.56 bits per heavy atom. The molecule has 1 aromatic heterocycles. The lowest BCUT2D eigenvalue weighted by molar-refractivity contribution is -0.118. The van der Waals surface area contributed by atoms with Crippen molar-refractivity contribution in [2.24, 2.45) is 5.41 Å². The molecule has 1 atom stereocenters. The van der Waals surface area contributed by atoms with E-state index in [9.17, 15) is 4.79 Å². The van der Waals surface area contributed by atoms with Crippen LogP contribution in [0.3, 0.4) is 0 Å². The van der Waals surface area contributed by atoms with Gasteiger partial charge in [-0.25, -0.2) is 4.98 Å². The van der Waals surface area contributed by atoms with E-state index in [1.165, 1.54) is 0 Å². The molecule has 32 heavy (non-hydrogen) atoms. The summed E-state index contributed by atoms with van der Waals surface area (Å²) in [5, 5.41) is 7.02. The largest absolute Gasteiger partial charge is 0.489 e. The minimum atomic E-state index is -0.263. The van der Waals surface area contributed by atoms with Crippen molar-refractivity contribution in [1.29, 1.82) is 0 Å². The summed E-state index contributed by atoms with van der Waals surface area (Å²) in [6, 6.07) is 21.7. The third kappa shape index (κ3) is 4.11. The van der Waals surface area contributed by atoms with Crippen molar-refractivity contribution in [3.05, 3.63) is 95.3 Å². The minimum Gasteiger partial charge on any atom is -0.489 e. The fourth-order valence-electron chi connectivity index (χ4n) is 4.52. The van der Waals surface area contributed by atoms with Crippen LogP contribution in [0.4, 0.5) is 11.5 Å². The first-order valence-electron chi connectivity index (χ1n) is 11.0. The first-order valence-corrected chi connectivity index (χ1v) is 11.0. The van der Waals surface area contributed by atoms with Gasteiger partial charge in [0.25, 0.3) is 0 Å². The molecule has 0 amide bonds.